The van der Waals surface area contributed by atoms with Gasteiger partial charge in [0.05, 0.1) is 28.1 Å². The fourth-order valence-corrected chi connectivity index (χ4v) is 6.64. The molecule has 0 amide bonds. The summed E-state index contributed by atoms with van der Waals surface area (Å²) in [5, 5.41) is 5.10. The first kappa shape index (κ1) is 23.1. The minimum Gasteiger partial charge on any atom is -0.306 e. The van der Waals surface area contributed by atoms with E-state index in [0.717, 1.165) is 45.2 Å². The Morgan fingerprint density at radius 3 is 1.93 bits per heavy atom. The molecule has 0 aliphatic carbocycles. The van der Waals surface area contributed by atoms with E-state index < -0.39 is 0 Å². The van der Waals surface area contributed by atoms with E-state index in [1.807, 2.05) is 0 Å². The molecular weight excluding hydrogens is 510 g/mol. The summed E-state index contributed by atoms with van der Waals surface area (Å²) in [5.41, 5.74) is 10.2. The van der Waals surface area contributed by atoms with E-state index in [0.29, 0.717) is 0 Å². The van der Waals surface area contributed by atoms with Gasteiger partial charge in [-0.2, -0.15) is 0 Å². The van der Waals surface area contributed by atoms with Crippen LogP contribution in [0.15, 0.2) is 152 Å². The second kappa shape index (κ2) is 8.92. The summed E-state index contributed by atoms with van der Waals surface area (Å²) in [6.07, 6.45) is 0. The van der Waals surface area contributed by atoms with E-state index >= 15 is 0 Å². The van der Waals surface area contributed by atoms with Crippen molar-refractivity contribution in [3.05, 3.63) is 152 Å². The molecule has 0 bridgehead atoms. The number of aromatic nitrogens is 2. The lowest BCUT2D eigenvalue weighted by Gasteiger charge is -2.32. The van der Waals surface area contributed by atoms with E-state index in [-0.39, 0.29) is 0 Å². The Morgan fingerprint density at radius 1 is 0.452 bits per heavy atom. The molecule has 1 aliphatic heterocycles. The third-order valence-electron chi connectivity index (χ3n) is 8.50. The molecule has 1 aromatic heterocycles. The van der Waals surface area contributed by atoms with E-state index in [2.05, 4.69) is 161 Å². The molecular formula is C39H25N3. The van der Waals surface area contributed by atoms with Crippen LogP contribution in [0.2, 0.25) is 0 Å². The molecule has 0 saturated heterocycles. The van der Waals surface area contributed by atoms with Crippen LogP contribution in [0.25, 0.3) is 60.8 Å². The Labute approximate surface area is 243 Å². The molecule has 3 nitrogen and oxygen atoms in total. The lowest BCUT2D eigenvalue weighted by Crippen LogP contribution is -2.18. The summed E-state index contributed by atoms with van der Waals surface area (Å²) in [4.78, 5) is 7.56. The fraction of sp³-hybridized carbons (Fsp3) is 0. The molecule has 3 heteroatoms. The normalized spacial score (nSPS) is 12.2. The van der Waals surface area contributed by atoms with Gasteiger partial charge in [0.15, 0.2) is 0 Å². The average Bonchev–Trinajstić information content (AvgIpc) is 3.46. The van der Waals surface area contributed by atoms with Crippen molar-refractivity contribution < 1.29 is 0 Å². The highest BCUT2D eigenvalue weighted by Crippen LogP contribution is 2.48. The molecule has 2 heterocycles. The van der Waals surface area contributed by atoms with E-state index in [1.54, 1.807) is 0 Å². The molecule has 0 radical (unpaired) electrons. The van der Waals surface area contributed by atoms with Gasteiger partial charge in [0.25, 0.3) is 0 Å². The maximum absolute atomic E-state index is 5.21. The van der Waals surface area contributed by atoms with Gasteiger partial charge in [0, 0.05) is 11.3 Å². The van der Waals surface area contributed by atoms with Crippen LogP contribution in [0.5, 0.6) is 0 Å². The molecule has 42 heavy (non-hydrogen) atoms. The number of para-hydroxylation sites is 4. The first-order valence-corrected chi connectivity index (χ1v) is 14.3. The van der Waals surface area contributed by atoms with Gasteiger partial charge in [-0.05, 0) is 75.1 Å². The quantitative estimate of drug-likeness (QED) is 0.210. The summed E-state index contributed by atoms with van der Waals surface area (Å²) in [5.74, 6) is 0.951. The van der Waals surface area contributed by atoms with Crippen LogP contribution in [-0.4, -0.2) is 9.55 Å². The summed E-state index contributed by atoms with van der Waals surface area (Å²) < 4.78 is 2.33. The third kappa shape index (κ3) is 3.31. The Bertz CT molecular complexity index is 2300. The van der Waals surface area contributed by atoms with Crippen molar-refractivity contribution in [1.29, 1.82) is 0 Å². The molecule has 196 valence electrons. The highest BCUT2D eigenvalue weighted by molar-refractivity contribution is 6.13. The minimum atomic E-state index is 0.951. The Morgan fingerprint density at radius 2 is 1.10 bits per heavy atom. The lowest BCUT2D eigenvalue weighted by molar-refractivity contribution is 1.06. The van der Waals surface area contributed by atoms with Crippen molar-refractivity contribution in [2.75, 3.05) is 4.90 Å². The van der Waals surface area contributed by atoms with Gasteiger partial charge in [-0.3, -0.25) is 4.57 Å². The van der Waals surface area contributed by atoms with Gasteiger partial charge >= 0.3 is 0 Å². The summed E-state index contributed by atoms with van der Waals surface area (Å²) >= 11 is 0. The average molecular weight is 536 g/mol. The summed E-state index contributed by atoms with van der Waals surface area (Å²) in [7, 11) is 0. The van der Waals surface area contributed by atoms with Crippen molar-refractivity contribution in [2.24, 2.45) is 0 Å². The van der Waals surface area contributed by atoms with Crippen LogP contribution < -0.4 is 4.90 Å². The summed E-state index contributed by atoms with van der Waals surface area (Å²) in [6.45, 7) is 0. The fourth-order valence-electron chi connectivity index (χ4n) is 6.64. The van der Waals surface area contributed by atoms with Gasteiger partial charge < -0.3 is 4.90 Å². The molecule has 8 aromatic rings. The van der Waals surface area contributed by atoms with Crippen molar-refractivity contribution in [3.63, 3.8) is 0 Å². The van der Waals surface area contributed by atoms with Crippen LogP contribution >= 0.6 is 0 Å². The van der Waals surface area contributed by atoms with Crippen molar-refractivity contribution in [3.8, 4) is 28.2 Å². The topological polar surface area (TPSA) is 21.1 Å². The predicted molar refractivity (Wildman–Crippen MR) is 175 cm³/mol. The van der Waals surface area contributed by atoms with Gasteiger partial charge in [-0.1, -0.05) is 109 Å². The Balaban J connectivity index is 1.23. The molecule has 0 N–H and O–H groups in total. The number of benzene rings is 7. The highest BCUT2D eigenvalue weighted by atomic mass is 15.2. The maximum Gasteiger partial charge on any atom is 0.145 e. The molecule has 7 aromatic carbocycles. The first-order valence-electron chi connectivity index (χ1n) is 14.3. The zero-order valence-electron chi connectivity index (χ0n) is 22.8. The maximum atomic E-state index is 5.21. The number of rotatable bonds is 3. The zero-order chi connectivity index (χ0) is 27.6. The van der Waals surface area contributed by atoms with Gasteiger partial charge in [-0.15, -0.1) is 0 Å². The van der Waals surface area contributed by atoms with Gasteiger partial charge in [-0.25, -0.2) is 4.98 Å². The highest BCUT2D eigenvalue weighted by Gasteiger charge is 2.29. The van der Waals surface area contributed by atoms with Crippen molar-refractivity contribution in [1.82, 2.24) is 9.55 Å². The number of hydrogen-bond acceptors (Lipinski definition) is 2. The second-order valence-electron chi connectivity index (χ2n) is 10.8. The van der Waals surface area contributed by atoms with E-state index in [1.165, 1.54) is 32.7 Å². The number of imidazole rings is 1. The van der Waals surface area contributed by atoms with Crippen LogP contribution in [0, 0.1) is 0 Å². The monoisotopic (exact) mass is 535 g/mol. The summed E-state index contributed by atoms with van der Waals surface area (Å²) in [6, 6.07) is 54.2. The first-order chi connectivity index (χ1) is 20.8. The molecule has 0 spiro atoms. The largest absolute Gasteiger partial charge is 0.306 e. The third-order valence-corrected chi connectivity index (χ3v) is 8.50. The number of hydrogen-bond donors (Lipinski definition) is 0. The second-order valence-corrected chi connectivity index (χ2v) is 10.8. The van der Waals surface area contributed by atoms with E-state index in [9.17, 15) is 0 Å². The predicted octanol–water partition coefficient (Wildman–Crippen LogP) is 10.4. The SMILES string of the molecule is c1ccc(N2c3ccccc3-n3c(-c4ccc(-c5cc6ccccc6c6ccccc56)cc4)nc4cccc2c43)cc1. The number of nitrogens with zero attached hydrogens (tertiary/aromatic N) is 3. The number of fused-ring (bicyclic) bond motifs is 5. The van der Waals surface area contributed by atoms with Crippen LogP contribution in [-0.2, 0) is 0 Å². The molecule has 0 saturated carbocycles. The lowest BCUT2D eigenvalue weighted by atomic mass is 9.93. The molecule has 9 rings (SSSR count). The Hall–Kier alpha value is -5.67. The van der Waals surface area contributed by atoms with Crippen molar-refractivity contribution in [2.45, 2.75) is 0 Å². The van der Waals surface area contributed by atoms with Crippen LogP contribution in [0.4, 0.5) is 17.1 Å². The zero-order valence-corrected chi connectivity index (χ0v) is 22.8. The molecule has 1 aliphatic rings. The number of anilines is 3. The molecule has 0 atom stereocenters. The van der Waals surface area contributed by atoms with Crippen molar-refractivity contribution >= 4 is 49.6 Å². The minimum absolute atomic E-state index is 0.951. The van der Waals surface area contributed by atoms with Crippen LogP contribution in [0.1, 0.15) is 0 Å². The smallest absolute Gasteiger partial charge is 0.145 e. The standard InChI is InChI=1S/C39H25N3/c1-2-12-29(13-3-1)41-35-18-8-9-19-36(35)42-38-34(17-10-20-37(38)41)40-39(42)27-23-21-26(22-24-27)33-25-28-11-4-5-14-30(28)31-15-6-7-16-32(31)33/h1-25H. The Kier molecular flexibility index (Phi) is 4.90. The molecule has 0 unspecified atom stereocenters. The van der Waals surface area contributed by atoms with Gasteiger partial charge in [0.2, 0.25) is 0 Å². The molecule has 0 fully saturated rings. The van der Waals surface area contributed by atoms with Gasteiger partial charge in [0.1, 0.15) is 5.82 Å². The van der Waals surface area contributed by atoms with Crippen LogP contribution in [0.3, 0.4) is 0 Å². The van der Waals surface area contributed by atoms with E-state index in [4.69, 9.17) is 4.98 Å².